The monoisotopic (exact) mass is 354 g/mol. The number of benzene rings is 1. The number of rotatable bonds is 6. The molecule has 0 N–H and O–H groups in total. The van der Waals surface area contributed by atoms with Gasteiger partial charge in [-0.05, 0) is 55.1 Å². The maximum absolute atomic E-state index is 12.4. The maximum Gasteiger partial charge on any atom is 0.338 e. The molecule has 0 heterocycles. The van der Waals surface area contributed by atoms with Gasteiger partial charge in [0, 0.05) is 6.42 Å². The Morgan fingerprint density at radius 1 is 1.23 bits per heavy atom. The molecule has 26 heavy (non-hydrogen) atoms. The summed E-state index contributed by atoms with van der Waals surface area (Å²) in [6, 6.07) is 9.37. The minimum atomic E-state index is -0.177. The number of fused-ring (bicyclic) bond motifs is 1. The minimum absolute atomic E-state index is 0.0340. The van der Waals surface area contributed by atoms with Crippen LogP contribution < -0.4 is 0 Å². The molecule has 4 atom stereocenters. The van der Waals surface area contributed by atoms with Gasteiger partial charge in [0.1, 0.15) is 6.10 Å². The molecule has 2 heteroatoms. The quantitative estimate of drug-likeness (QED) is 0.427. The molecule has 2 nitrogen and oxygen atoms in total. The van der Waals surface area contributed by atoms with Crippen molar-refractivity contribution in [3.63, 3.8) is 0 Å². The lowest BCUT2D eigenvalue weighted by atomic mass is 9.55. The number of allylic oxidation sites excluding steroid dienone is 1. The zero-order valence-electron chi connectivity index (χ0n) is 16.7. The first-order valence-electron chi connectivity index (χ1n) is 10.5. The zero-order chi connectivity index (χ0) is 18.6. The van der Waals surface area contributed by atoms with Crippen LogP contribution in [0.4, 0.5) is 0 Å². The predicted octanol–water partition coefficient (Wildman–Crippen LogP) is 6.56. The molecule has 0 amide bonds. The standard InChI is InChI=1S/C24H34O2/c1-4-6-10-18-13-14-20-17-21(15-16-24(20,3)22(18)5-2)26-23(25)19-11-8-7-9-12-19/h7-9,11-12,14,18,21-22H,4-6,10,13,15-17H2,1-3H3. The highest BCUT2D eigenvalue weighted by Gasteiger charge is 2.46. The minimum Gasteiger partial charge on any atom is -0.458 e. The summed E-state index contributed by atoms with van der Waals surface area (Å²) in [5.74, 6) is 1.43. The molecule has 1 fully saturated rings. The number of hydrogen-bond donors (Lipinski definition) is 0. The number of unbranched alkanes of at least 4 members (excludes halogenated alkanes) is 1. The van der Waals surface area contributed by atoms with E-state index < -0.39 is 0 Å². The summed E-state index contributed by atoms with van der Waals surface area (Å²) >= 11 is 0. The zero-order valence-corrected chi connectivity index (χ0v) is 16.7. The Morgan fingerprint density at radius 3 is 2.69 bits per heavy atom. The third-order valence-electron chi connectivity index (χ3n) is 6.87. The molecule has 0 aromatic heterocycles. The average molecular weight is 355 g/mol. The van der Waals surface area contributed by atoms with Gasteiger partial charge in [-0.3, -0.25) is 0 Å². The van der Waals surface area contributed by atoms with Crippen molar-refractivity contribution in [3.05, 3.63) is 47.5 Å². The smallest absolute Gasteiger partial charge is 0.338 e. The van der Waals surface area contributed by atoms with E-state index in [4.69, 9.17) is 4.74 Å². The number of esters is 1. The average Bonchev–Trinajstić information content (AvgIpc) is 2.66. The van der Waals surface area contributed by atoms with E-state index in [1.165, 1.54) is 32.1 Å². The first kappa shape index (κ1) is 19.2. The molecule has 0 saturated heterocycles. The second-order valence-electron chi connectivity index (χ2n) is 8.44. The highest BCUT2D eigenvalue weighted by atomic mass is 16.5. The van der Waals surface area contributed by atoms with Crippen LogP contribution in [-0.4, -0.2) is 12.1 Å². The number of ether oxygens (including phenoxy) is 1. The van der Waals surface area contributed by atoms with E-state index in [9.17, 15) is 4.79 Å². The van der Waals surface area contributed by atoms with Crippen molar-refractivity contribution in [3.8, 4) is 0 Å². The van der Waals surface area contributed by atoms with Crippen molar-refractivity contribution in [2.45, 2.75) is 78.2 Å². The van der Waals surface area contributed by atoms with Crippen LogP contribution in [0.15, 0.2) is 42.0 Å². The van der Waals surface area contributed by atoms with Crippen molar-refractivity contribution < 1.29 is 9.53 Å². The highest BCUT2D eigenvalue weighted by Crippen LogP contribution is 2.55. The summed E-state index contributed by atoms with van der Waals surface area (Å²) in [6.07, 6.45) is 12.1. The van der Waals surface area contributed by atoms with E-state index in [1.54, 1.807) is 5.57 Å². The largest absolute Gasteiger partial charge is 0.458 e. The first-order valence-corrected chi connectivity index (χ1v) is 10.5. The van der Waals surface area contributed by atoms with E-state index in [2.05, 4.69) is 26.8 Å². The van der Waals surface area contributed by atoms with Gasteiger partial charge in [-0.15, -0.1) is 0 Å². The van der Waals surface area contributed by atoms with Gasteiger partial charge in [0.05, 0.1) is 5.56 Å². The molecule has 0 radical (unpaired) electrons. The van der Waals surface area contributed by atoms with Crippen LogP contribution in [0.3, 0.4) is 0 Å². The molecule has 0 aliphatic heterocycles. The molecule has 4 unspecified atom stereocenters. The highest BCUT2D eigenvalue weighted by molar-refractivity contribution is 5.89. The summed E-state index contributed by atoms with van der Waals surface area (Å²) in [7, 11) is 0. The molecule has 1 aromatic carbocycles. The van der Waals surface area contributed by atoms with Crippen LogP contribution in [0.25, 0.3) is 0 Å². The molecule has 2 aliphatic rings. The molecule has 3 rings (SSSR count). The number of carbonyl (C=O) groups excluding carboxylic acids is 1. The Labute approximate surface area is 159 Å². The van der Waals surface area contributed by atoms with E-state index in [-0.39, 0.29) is 12.1 Å². The van der Waals surface area contributed by atoms with Crippen LogP contribution in [0, 0.1) is 17.3 Å². The fraction of sp³-hybridized carbons (Fsp3) is 0.625. The summed E-state index contributed by atoms with van der Waals surface area (Å²) < 4.78 is 5.85. The van der Waals surface area contributed by atoms with Crippen molar-refractivity contribution in [1.82, 2.24) is 0 Å². The summed E-state index contributed by atoms with van der Waals surface area (Å²) in [5, 5.41) is 0. The fourth-order valence-electron chi connectivity index (χ4n) is 5.38. The summed E-state index contributed by atoms with van der Waals surface area (Å²) in [4.78, 5) is 12.4. The Bertz CT molecular complexity index is 633. The number of carbonyl (C=O) groups is 1. The van der Waals surface area contributed by atoms with Gasteiger partial charge in [-0.2, -0.15) is 0 Å². The molecule has 2 aliphatic carbocycles. The molecule has 1 saturated carbocycles. The second-order valence-corrected chi connectivity index (χ2v) is 8.44. The third kappa shape index (κ3) is 3.89. The second kappa shape index (κ2) is 8.41. The normalized spacial score (nSPS) is 31.0. The Hall–Kier alpha value is -1.57. The Morgan fingerprint density at radius 2 is 2.00 bits per heavy atom. The van der Waals surface area contributed by atoms with Crippen LogP contribution in [0.5, 0.6) is 0 Å². The van der Waals surface area contributed by atoms with Crippen molar-refractivity contribution in [2.24, 2.45) is 17.3 Å². The molecule has 0 spiro atoms. The molecule has 0 bridgehead atoms. The van der Waals surface area contributed by atoms with Gasteiger partial charge >= 0.3 is 5.97 Å². The molecular formula is C24H34O2. The van der Waals surface area contributed by atoms with Crippen LogP contribution in [-0.2, 0) is 4.74 Å². The fourth-order valence-corrected chi connectivity index (χ4v) is 5.38. The summed E-state index contributed by atoms with van der Waals surface area (Å²) in [6.45, 7) is 7.12. The molecule has 142 valence electrons. The van der Waals surface area contributed by atoms with E-state index >= 15 is 0 Å². The van der Waals surface area contributed by atoms with Gasteiger partial charge in [0.25, 0.3) is 0 Å². The van der Waals surface area contributed by atoms with E-state index in [0.717, 1.165) is 31.1 Å². The van der Waals surface area contributed by atoms with Gasteiger partial charge in [0.15, 0.2) is 0 Å². The molecule has 1 aromatic rings. The van der Waals surface area contributed by atoms with Gasteiger partial charge in [-0.1, -0.05) is 69.9 Å². The topological polar surface area (TPSA) is 26.3 Å². The Kier molecular flexibility index (Phi) is 6.21. The lowest BCUT2D eigenvalue weighted by Crippen LogP contribution is -2.42. The van der Waals surface area contributed by atoms with Crippen molar-refractivity contribution in [1.29, 1.82) is 0 Å². The maximum atomic E-state index is 12.4. The van der Waals surface area contributed by atoms with Crippen molar-refractivity contribution in [2.75, 3.05) is 0 Å². The molecular weight excluding hydrogens is 320 g/mol. The van der Waals surface area contributed by atoms with Crippen LogP contribution >= 0.6 is 0 Å². The van der Waals surface area contributed by atoms with E-state index in [1.807, 2.05) is 30.3 Å². The number of hydrogen-bond acceptors (Lipinski definition) is 2. The van der Waals surface area contributed by atoms with Gasteiger partial charge in [-0.25, -0.2) is 4.79 Å². The SMILES string of the molecule is CCCCC1CC=C2CC(OC(=O)c3ccccc3)CCC2(C)C1CC. The van der Waals surface area contributed by atoms with E-state index in [0.29, 0.717) is 11.0 Å². The predicted molar refractivity (Wildman–Crippen MR) is 107 cm³/mol. The first-order chi connectivity index (χ1) is 12.6. The summed E-state index contributed by atoms with van der Waals surface area (Å²) in [5.41, 5.74) is 2.51. The Balaban J connectivity index is 1.68. The van der Waals surface area contributed by atoms with Crippen molar-refractivity contribution >= 4 is 5.97 Å². The third-order valence-corrected chi connectivity index (χ3v) is 6.87. The van der Waals surface area contributed by atoms with Gasteiger partial charge in [0.2, 0.25) is 0 Å². The van der Waals surface area contributed by atoms with Crippen LogP contribution in [0.1, 0.15) is 82.5 Å². The lowest BCUT2D eigenvalue weighted by Gasteiger charge is -2.50. The van der Waals surface area contributed by atoms with Gasteiger partial charge < -0.3 is 4.74 Å². The lowest BCUT2D eigenvalue weighted by molar-refractivity contribution is 0.00518. The van der Waals surface area contributed by atoms with Crippen LogP contribution in [0.2, 0.25) is 0 Å².